The molecule has 0 bridgehead atoms. The minimum Gasteiger partial charge on any atom is -0.468 e. The molecule has 0 amide bonds. The van der Waals surface area contributed by atoms with Crippen LogP contribution in [0.25, 0.3) is 0 Å². The maximum absolute atomic E-state index is 11.2. The van der Waals surface area contributed by atoms with E-state index in [0.717, 1.165) is 32.5 Å². The quantitative estimate of drug-likeness (QED) is 0.727. The van der Waals surface area contributed by atoms with Crippen LogP contribution in [0.15, 0.2) is 0 Å². The third-order valence-electron chi connectivity index (χ3n) is 2.97. The van der Waals surface area contributed by atoms with Crippen molar-refractivity contribution in [3.8, 4) is 0 Å². The van der Waals surface area contributed by atoms with Gasteiger partial charge in [-0.3, -0.25) is 4.79 Å². The number of aromatic nitrogens is 3. The summed E-state index contributed by atoms with van der Waals surface area (Å²) in [6, 6.07) is 0. The van der Waals surface area contributed by atoms with E-state index in [4.69, 9.17) is 0 Å². The van der Waals surface area contributed by atoms with Gasteiger partial charge in [0, 0.05) is 19.6 Å². The molecule has 20 heavy (non-hydrogen) atoms. The maximum atomic E-state index is 11.2. The number of carbonyl (C=O) groups excluding carboxylic acids is 1. The summed E-state index contributed by atoms with van der Waals surface area (Å²) in [5, 5.41) is 5.92. The summed E-state index contributed by atoms with van der Waals surface area (Å²) in [6.45, 7) is 4.63. The monoisotopic (exact) mass is 280 g/mol. The Bertz CT molecular complexity index is 461. The molecule has 1 aromatic rings. The van der Waals surface area contributed by atoms with E-state index in [2.05, 4.69) is 35.2 Å². The van der Waals surface area contributed by atoms with Gasteiger partial charge in [-0.05, 0) is 19.8 Å². The van der Waals surface area contributed by atoms with Gasteiger partial charge in [0.05, 0.1) is 7.11 Å². The molecular formula is C12H20N6O2. The van der Waals surface area contributed by atoms with E-state index in [1.165, 1.54) is 7.11 Å². The smallest absolute Gasteiger partial charge is 0.325 e. The van der Waals surface area contributed by atoms with Crippen LogP contribution >= 0.6 is 0 Å². The van der Waals surface area contributed by atoms with Crippen molar-refractivity contribution < 1.29 is 9.53 Å². The van der Waals surface area contributed by atoms with Crippen molar-refractivity contribution in [3.63, 3.8) is 0 Å². The van der Waals surface area contributed by atoms with Gasteiger partial charge in [0.1, 0.15) is 6.54 Å². The minimum absolute atomic E-state index is 0.0333. The highest BCUT2D eigenvalue weighted by Gasteiger charge is 2.17. The second kappa shape index (κ2) is 6.88. The predicted octanol–water partition coefficient (Wildman–Crippen LogP) is 0.488. The molecule has 2 heterocycles. The third kappa shape index (κ3) is 3.69. The van der Waals surface area contributed by atoms with Crippen molar-refractivity contribution >= 4 is 23.8 Å². The molecule has 8 nitrogen and oxygen atoms in total. The fourth-order valence-corrected chi connectivity index (χ4v) is 1.96. The normalized spacial score (nSPS) is 14.2. The van der Waals surface area contributed by atoms with Crippen LogP contribution in [-0.4, -0.2) is 54.2 Å². The van der Waals surface area contributed by atoms with Gasteiger partial charge < -0.3 is 20.3 Å². The van der Waals surface area contributed by atoms with Gasteiger partial charge in [0.15, 0.2) is 0 Å². The Morgan fingerprint density at radius 1 is 1.20 bits per heavy atom. The zero-order valence-electron chi connectivity index (χ0n) is 11.8. The highest BCUT2D eigenvalue weighted by Crippen LogP contribution is 2.18. The molecule has 0 aromatic carbocycles. The fourth-order valence-electron chi connectivity index (χ4n) is 1.96. The van der Waals surface area contributed by atoms with E-state index in [9.17, 15) is 4.79 Å². The Morgan fingerprint density at radius 2 is 1.85 bits per heavy atom. The average Bonchev–Trinajstić information content (AvgIpc) is 2.99. The van der Waals surface area contributed by atoms with Crippen molar-refractivity contribution in [1.29, 1.82) is 0 Å². The lowest BCUT2D eigenvalue weighted by molar-refractivity contribution is -0.138. The first kappa shape index (κ1) is 14.3. The summed E-state index contributed by atoms with van der Waals surface area (Å²) >= 11 is 0. The van der Waals surface area contributed by atoms with Crippen molar-refractivity contribution in [1.82, 2.24) is 15.0 Å². The van der Waals surface area contributed by atoms with E-state index in [1.54, 1.807) is 0 Å². The number of methoxy groups -OCH3 is 1. The Morgan fingerprint density at radius 3 is 2.45 bits per heavy atom. The molecule has 0 unspecified atom stereocenters. The molecular weight excluding hydrogens is 260 g/mol. The third-order valence-corrected chi connectivity index (χ3v) is 2.97. The van der Waals surface area contributed by atoms with Crippen molar-refractivity contribution in [2.45, 2.75) is 19.8 Å². The van der Waals surface area contributed by atoms with Gasteiger partial charge >= 0.3 is 5.97 Å². The molecule has 2 N–H and O–H groups in total. The summed E-state index contributed by atoms with van der Waals surface area (Å²) < 4.78 is 4.58. The lowest BCUT2D eigenvalue weighted by atomic mass is 10.4. The molecule has 110 valence electrons. The molecule has 0 aliphatic carbocycles. The number of nitrogens with zero attached hydrogens (tertiary/aromatic N) is 4. The summed E-state index contributed by atoms with van der Waals surface area (Å²) in [7, 11) is 1.34. The molecule has 2 rings (SSSR count). The SMILES string of the molecule is CCNc1nc(NCC(=O)OC)nc(N2CCCC2)n1. The zero-order valence-corrected chi connectivity index (χ0v) is 11.8. The molecule has 1 aliphatic heterocycles. The number of ether oxygens (including phenoxy) is 1. The summed E-state index contributed by atoms with van der Waals surface area (Å²) in [4.78, 5) is 26.2. The Hall–Kier alpha value is -2.12. The molecule has 0 atom stereocenters. The van der Waals surface area contributed by atoms with Gasteiger partial charge in [-0.15, -0.1) is 0 Å². The number of carbonyl (C=O) groups is 1. The predicted molar refractivity (Wildman–Crippen MR) is 75.9 cm³/mol. The van der Waals surface area contributed by atoms with Crippen molar-refractivity contribution in [2.75, 3.05) is 48.8 Å². The summed E-state index contributed by atoms with van der Waals surface area (Å²) in [5.74, 6) is 1.17. The summed E-state index contributed by atoms with van der Waals surface area (Å²) in [5.41, 5.74) is 0. The second-order valence-corrected chi connectivity index (χ2v) is 4.44. The molecule has 1 aliphatic rings. The van der Waals surface area contributed by atoms with E-state index in [0.29, 0.717) is 17.8 Å². The molecule has 0 spiro atoms. The first-order chi connectivity index (χ1) is 9.72. The van der Waals surface area contributed by atoms with E-state index >= 15 is 0 Å². The van der Waals surface area contributed by atoms with Crippen molar-refractivity contribution in [2.24, 2.45) is 0 Å². The van der Waals surface area contributed by atoms with Crippen LogP contribution in [0.1, 0.15) is 19.8 Å². The van der Waals surface area contributed by atoms with Gasteiger partial charge in [0.25, 0.3) is 0 Å². The number of esters is 1. The first-order valence-corrected chi connectivity index (χ1v) is 6.78. The molecule has 1 fully saturated rings. The standard InChI is InChI=1S/C12H20N6O2/c1-3-13-10-15-11(14-8-9(19)20-2)17-12(16-10)18-6-4-5-7-18/h3-8H2,1-2H3,(H2,13,14,15,16,17). The molecule has 1 aromatic heterocycles. The van der Waals surface area contributed by atoms with Crippen LogP contribution in [0, 0.1) is 0 Å². The first-order valence-electron chi connectivity index (χ1n) is 6.78. The Kier molecular flexibility index (Phi) is 4.91. The van der Waals surface area contributed by atoms with Crippen LogP contribution < -0.4 is 15.5 Å². The zero-order chi connectivity index (χ0) is 14.4. The summed E-state index contributed by atoms with van der Waals surface area (Å²) in [6.07, 6.45) is 2.29. The number of anilines is 3. The lowest BCUT2D eigenvalue weighted by Gasteiger charge is -2.16. The highest BCUT2D eigenvalue weighted by molar-refractivity contribution is 5.74. The topological polar surface area (TPSA) is 92.3 Å². The molecule has 8 heteroatoms. The van der Waals surface area contributed by atoms with Gasteiger partial charge in [-0.25, -0.2) is 0 Å². The maximum Gasteiger partial charge on any atom is 0.325 e. The fraction of sp³-hybridized carbons (Fsp3) is 0.667. The van der Waals surface area contributed by atoms with Crippen LogP contribution in [-0.2, 0) is 9.53 Å². The number of hydrogen-bond acceptors (Lipinski definition) is 8. The molecule has 0 saturated carbocycles. The van der Waals surface area contributed by atoms with E-state index < -0.39 is 0 Å². The van der Waals surface area contributed by atoms with E-state index in [-0.39, 0.29) is 12.5 Å². The largest absolute Gasteiger partial charge is 0.468 e. The van der Waals surface area contributed by atoms with Crippen molar-refractivity contribution in [3.05, 3.63) is 0 Å². The highest BCUT2D eigenvalue weighted by atomic mass is 16.5. The number of nitrogens with one attached hydrogen (secondary N) is 2. The van der Waals surface area contributed by atoms with Crippen LogP contribution in [0.2, 0.25) is 0 Å². The van der Waals surface area contributed by atoms with E-state index in [1.807, 2.05) is 6.92 Å². The second-order valence-electron chi connectivity index (χ2n) is 4.44. The lowest BCUT2D eigenvalue weighted by Crippen LogP contribution is -2.23. The van der Waals surface area contributed by atoms with Gasteiger partial charge in [-0.1, -0.05) is 0 Å². The average molecular weight is 280 g/mol. The number of rotatable bonds is 6. The van der Waals surface area contributed by atoms with Crippen LogP contribution in [0.3, 0.4) is 0 Å². The Labute approximate surface area is 118 Å². The molecule has 0 radical (unpaired) electrons. The Balaban J connectivity index is 2.14. The van der Waals surface area contributed by atoms with Crippen LogP contribution in [0.4, 0.5) is 17.8 Å². The number of hydrogen-bond donors (Lipinski definition) is 2. The van der Waals surface area contributed by atoms with Gasteiger partial charge in [-0.2, -0.15) is 15.0 Å². The van der Waals surface area contributed by atoms with Gasteiger partial charge in [0.2, 0.25) is 17.8 Å². The molecule has 1 saturated heterocycles. The van der Waals surface area contributed by atoms with Crippen LogP contribution in [0.5, 0.6) is 0 Å². The minimum atomic E-state index is -0.363.